The number of benzene rings is 2. The molecule has 1 saturated heterocycles. The maximum atomic E-state index is 13.1. The van der Waals surface area contributed by atoms with Gasteiger partial charge < -0.3 is 9.80 Å². The molecule has 166 valence electrons. The fourth-order valence-corrected chi connectivity index (χ4v) is 5.70. The molecule has 0 saturated carbocycles. The predicted molar refractivity (Wildman–Crippen MR) is 128 cm³/mol. The van der Waals surface area contributed by atoms with E-state index in [-0.39, 0.29) is 23.5 Å². The highest BCUT2D eigenvalue weighted by atomic mass is 35.5. The van der Waals surface area contributed by atoms with Crippen LogP contribution in [0.4, 0.5) is 5.69 Å². The lowest BCUT2D eigenvalue weighted by atomic mass is 10.1. The normalized spacial score (nSPS) is 17.7. The first-order chi connectivity index (χ1) is 14.8. The van der Waals surface area contributed by atoms with Gasteiger partial charge >= 0.3 is 0 Å². The van der Waals surface area contributed by atoms with Gasteiger partial charge in [0.15, 0.2) is 9.84 Å². The summed E-state index contributed by atoms with van der Waals surface area (Å²) in [7, 11) is -3.10. The number of rotatable bonds is 8. The summed E-state index contributed by atoms with van der Waals surface area (Å²) >= 11 is 5.92. The average molecular weight is 461 g/mol. The summed E-state index contributed by atoms with van der Waals surface area (Å²) in [5.74, 6) is -0.0428. The minimum atomic E-state index is -3.10. The van der Waals surface area contributed by atoms with E-state index in [0.717, 1.165) is 29.9 Å². The zero-order chi connectivity index (χ0) is 22.4. The minimum absolute atomic E-state index is 0.0189. The maximum Gasteiger partial charge on any atom is 0.247 e. The highest BCUT2D eigenvalue weighted by molar-refractivity contribution is 7.91. The van der Waals surface area contributed by atoms with Gasteiger partial charge in [-0.1, -0.05) is 35.9 Å². The summed E-state index contributed by atoms with van der Waals surface area (Å²) in [5.41, 5.74) is 2.98. The molecule has 1 unspecified atom stereocenters. The van der Waals surface area contributed by atoms with Crippen molar-refractivity contribution >= 4 is 39.1 Å². The highest BCUT2D eigenvalue weighted by Crippen LogP contribution is 2.22. The lowest BCUT2D eigenvalue weighted by Gasteiger charge is -2.28. The van der Waals surface area contributed by atoms with Crippen molar-refractivity contribution in [3.05, 3.63) is 70.8 Å². The van der Waals surface area contributed by atoms with Gasteiger partial charge in [0.25, 0.3) is 0 Å². The van der Waals surface area contributed by atoms with Gasteiger partial charge in [-0.3, -0.25) is 4.79 Å². The van der Waals surface area contributed by atoms with Gasteiger partial charge in [0.05, 0.1) is 11.5 Å². The molecule has 0 radical (unpaired) electrons. The zero-order valence-electron chi connectivity index (χ0n) is 18.0. The Morgan fingerprint density at radius 2 is 1.71 bits per heavy atom. The van der Waals surface area contributed by atoms with Crippen LogP contribution in [0.15, 0.2) is 54.6 Å². The van der Waals surface area contributed by atoms with Crippen molar-refractivity contribution in [2.24, 2.45) is 0 Å². The number of halogens is 1. The molecule has 1 aliphatic heterocycles. The van der Waals surface area contributed by atoms with E-state index < -0.39 is 9.84 Å². The van der Waals surface area contributed by atoms with E-state index in [1.54, 1.807) is 23.1 Å². The van der Waals surface area contributed by atoms with Gasteiger partial charge in [0.1, 0.15) is 0 Å². The molecule has 5 nitrogen and oxygen atoms in total. The Labute approximate surface area is 190 Å². The second-order valence-electron chi connectivity index (χ2n) is 7.75. The molecule has 1 fully saturated rings. The van der Waals surface area contributed by atoms with Crippen LogP contribution in [0.3, 0.4) is 0 Å². The van der Waals surface area contributed by atoms with E-state index in [0.29, 0.717) is 18.0 Å². The first-order valence-electron chi connectivity index (χ1n) is 10.6. The van der Waals surface area contributed by atoms with Crippen LogP contribution in [0.25, 0.3) is 6.08 Å². The molecule has 1 amide bonds. The number of hydrogen-bond donors (Lipinski definition) is 0. The molecule has 2 aromatic carbocycles. The Bertz CT molecular complexity index is 1010. The van der Waals surface area contributed by atoms with Crippen LogP contribution in [-0.2, 0) is 21.2 Å². The lowest BCUT2D eigenvalue weighted by molar-refractivity contribution is -0.128. The Kier molecular flexibility index (Phi) is 7.79. The van der Waals surface area contributed by atoms with Crippen molar-refractivity contribution in [1.82, 2.24) is 4.90 Å². The molecular weight excluding hydrogens is 432 g/mol. The number of hydrogen-bond acceptors (Lipinski definition) is 4. The van der Waals surface area contributed by atoms with E-state index in [2.05, 4.69) is 30.9 Å². The van der Waals surface area contributed by atoms with Crippen LogP contribution >= 0.6 is 11.6 Å². The van der Waals surface area contributed by atoms with Gasteiger partial charge in [-0.05, 0) is 61.7 Å². The topological polar surface area (TPSA) is 57.7 Å². The van der Waals surface area contributed by atoms with Gasteiger partial charge in [0.2, 0.25) is 5.91 Å². The summed E-state index contributed by atoms with van der Waals surface area (Å²) in [6, 6.07) is 15.0. The summed E-state index contributed by atoms with van der Waals surface area (Å²) < 4.78 is 24.1. The van der Waals surface area contributed by atoms with E-state index in [9.17, 15) is 13.2 Å². The van der Waals surface area contributed by atoms with Crippen molar-refractivity contribution < 1.29 is 13.2 Å². The summed E-state index contributed by atoms with van der Waals surface area (Å²) in [5, 5.41) is 0.634. The Morgan fingerprint density at radius 1 is 1.06 bits per heavy atom. The molecule has 3 rings (SSSR count). The third-order valence-electron chi connectivity index (χ3n) is 5.64. The van der Waals surface area contributed by atoms with Crippen molar-refractivity contribution in [3.8, 4) is 0 Å². The largest absolute Gasteiger partial charge is 0.372 e. The summed E-state index contributed by atoms with van der Waals surface area (Å²) in [6.45, 7) is 6.46. The van der Waals surface area contributed by atoms with Crippen molar-refractivity contribution in [1.29, 1.82) is 0 Å². The molecule has 0 N–H and O–H groups in total. The number of carbonyl (C=O) groups excluding carboxylic acids is 1. The first kappa shape index (κ1) is 23.4. The van der Waals surface area contributed by atoms with Gasteiger partial charge in [0, 0.05) is 42.5 Å². The van der Waals surface area contributed by atoms with Crippen molar-refractivity contribution in [2.45, 2.75) is 32.9 Å². The van der Waals surface area contributed by atoms with Gasteiger partial charge in [-0.25, -0.2) is 8.42 Å². The van der Waals surface area contributed by atoms with E-state index >= 15 is 0 Å². The van der Waals surface area contributed by atoms with Crippen LogP contribution in [0.2, 0.25) is 5.02 Å². The molecule has 1 aliphatic rings. The second-order valence-corrected chi connectivity index (χ2v) is 10.4. The number of sulfone groups is 1. The molecule has 1 heterocycles. The summed E-state index contributed by atoms with van der Waals surface area (Å²) in [4.78, 5) is 17.0. The quantitative estimate of drug-likeness (QED) is 0.547. The minimum Gasteiger partial charge on any atom is -0.372 e. The number of amides is 1. The summed E-state index contributed by atoms with van der Waals surface area (Å²) in [6.07, 6.45) is 3.72. The third kappa shape index (κ3) is 6.34. The number of anilines is 1. The standard InChI is InChI=1S/C24H29ClN2O3S/c1-3-26(4-2)22-12-7-20(8-13-22)17-27(23-15-16-31(29,30)18-23)24(28)14-9-19-5-10-21(25)11-6-19/h5-14,23H,3-4,15-18H2,1-2H3. The smallest absolute Gasteiger partial charge is 0.247 e. The predicted octanol–water partition coefficient (Wildman–Crippen LogP) is 4.42. The van der Waals surface area contributed by atoms with Gasteiger partial charge in [-0.15, -0.1) is 0 Å². The van der Waals surface area contributed by atoms with E-state index in [1.165, 1.54) is 6.08 Å². The van der Waals surface area contributed by atoms with Crippen LogP contribution in [0.5, 0.6) is 0 Å². The molecule has 31 heavy (non-hydrogen) atoms. The molecule has 7 heteroatoms. The fraction of sp³-hybridized carbons (Fsp3) is 0.375. The fourth-order valence-electron chi connectivity index (χ4n) is 3.84. The molecule has 0 aliphatic carbocycles. The first-order valence-corrected chi connectivity index (χ1v) is 12.8. The van der Waals surface area contributed by atoms with E-state index in [1.807, 2.05) is 24.3 Å². The maximum absolute atomic E-state index is 13.1. The molecule has 2 aromatic rings. The molecule has 0 aromatic heterocycles. The zero-order valence-corrected chi connectivity index (χ0v) is 19.6. The molecule has 1 atom stereocenters. The lowest BCUT2D eigenvalue weighted by Crippen LogP contribution is -2.39. The SMILES string of the molecule is CCN(CC)c1ccc(CN(C(=O)C=Cc2ccc(Cl)cc2)C2CCS(=O)(=O)C2)cc1. The molecule has 0 spiro atoms. The Balaban J connectivity index is 1.79. The molecular formula is C24H29ClN2O3S. The van der Waals surface area contributed by atoms with Crippen LogP contribution in [0, 0.1) is 0 Å². The second kappa shape index (κ2) is 10.3. The Morgan fingerprint density at radius 3 is 2.26 bits per heavy atom. The molecule has 0 bridgehead atoms. The van der Waals surface area contributed by atoms with Gasteiger partial charge in [-0.2, -0.15) is 0 Å². The Hall–Kier alpha value is -2.31. The number of carbonyl (C=O) groups is 1. The van der Waals surface area contributed by atoms with Crippen LogP contribution in [0.1, 0.15) is 31.4 Å². The van der Waals surface area contributed by atoms with Crippen LogP contribution < -0.4 is 4.90 Å². The van der Waals surface area contributed by atoms with E-state index in [4.69, 9.17) is 11.6 Å². The highest BCUT2D eigenvalue weighted by Gasteiger charge is 2.34. The average Bonchev–Trinajstić information content (AvgIpc) is 3.12. The van der Waals surface area contributed by atoms with Crippen molar-refractivity contribution in [3.63, 3.8) is 0 Å². The third-order valence-corrected chi connectivity index (χ3v) is 7.64. The van der Waals surface area contributed by atoms with Crippen LogP contribution in [-0.4, -0.2) is 49.9 Å². The monoisotopic (exact) mass is 460 g/mol. The van der Waals surface area contributed by atoms with Crippen molar-refractivity contribution in [2.75, 3.05) is 29.5 Å². The number of nitrogens with zero attached hydrogens (tertiary/aromatic N) is 2.